The Morgan fingerprint density at radius 2 is 1.42 bits per heavy atom. The summed E-state index contributed by atoms with van der Waals surface area (Å²) < 4.78 is 15.8. The average molecular weight is 463 g/mol. The van der Waals surface area contributed by atoms with Crippen molar-refractivity contribution in [3.63, 3.8) is 0 Å². The summed E-state index contributed by atoms with van der Waals surface area (Å²) in [7, 11) is 1.25. The van der Waals surface area contributed by atoms with E-state index < -0.39 is 64.7 Å². The minimum Gasteiger partial charge on any atom is -0.465 e. The van der Waals surface area contributed by atoms with E-state index in [1.165, 1.54) is 26.2 Å². The van der Waals surface area contributed by atoms with Crippen LogP contribution in [0.1, 0.15) is 76.7 Å². The van der Waals surface area contributed by atoms with Crippen LogP contribution in [0, 0.1) is 11.8 Å². The molecule has 2 rings (SSSR count). The fourth-order valence-electron chi connectivity index (χ4n) is 4.11. The van der Waals surface area contributed by atoms with Gasteiger partial charge >= 0.3 is 17.9 Å². The molecule has 0 bridgehead atoms. The maximum Gasteiger partial charge on any atom is 0.337 e. The van der Waals surface area contributed by atoms with E-state index in [9.17, 15) is 24.3 Å². The number of hydrogen-bond donors (Lipinski definition) is 1. The number of Topliss-reactive ketones (excluding diaryl/α,β-unsaturated/α-hetero) is 1. The minimum absolute atomic E-state index is 0.262. The Morgan fingerprint density at radius 1 is 0.939 bits per heavy atom. The van der Waals surface area contributed by atoms with Gasteiger partial charge in [0.1, 0.15) is 17.1 Å². The second kappa shape index (κ2) is 9.25. The van der Waals surface area contributed by atoms with Gasteiger partial charge in [-0.3, -0.25) is 14.4 Å². The number of carbonyl (C=O) groups excluding carboxylic acids is 4. The van der Waals surface area contributed by atoms with Crippen LogP contribution in [-0.4, -0.2) is 52.7 Å². The maximum absolute atomic E-state index is 13.3. The zero-order valence-corrected chi connectivity index (χ0v) is 20.6. The summed E-state index contributed by atoms with van der Waals surface area (Å²) in [6.45, 7) is 11.5. The van der Waals surface area contributed by atoms with Crippen LogP contribution in [0.2, 0.25) is 0 Å². The van der Waals surface area contributed by atoms with E-state index in [0.717, 1.165) is 0 Å². The van der Waals surface area contributed by atoms with Gasteiger partial charge in [0.2, 0.25) is 0 Å². The van der Waals surface area contributed by atoms with Crippen molar-refractivity contribution in [1.82, 2.24) is 0 Å². The molecule has 1 N–H and O–H groups in total. The minimum atomic E-state index is -1.76. The van der Waals surface area contributed by atoms with Crippen LogP contribution in [0.5, 0.6) is 0 Å². The molecular formula is C25H34O8. The molecule has 0 radical (unpaired) electrons. The van der Waals surface area contributed by atoms with Crippen molar-refractivity contribution in [2.45, 2.75) is 77.6 Å². The molecule has 0 heterocycles. The van der Waals surface area contributed by atoms with Crippen LogP contribution in [0.25, 0.3) is 0 Å². The van der Waals surface area contributed by atoms with E-state index in [1.54, 1.807) is 53.7 Å². The van der Waals surface area contributed by atoms with Gasteiger partial charge in [0, 0.05) is 12.3 Å². The monoisotopic (exact) mass is 462 g/mol. The second-order valence-electron chi connectivity index (χ2n) is 10.7. The fourth-order valence-corrected chi connectivity index (χ4v) is 4.11. The van der Waals surface area contributed by atoms with Crippen molar-refractivity contribution in [2.75, 3.05) is 7.11 Å². The normalized spacial score (nSPS) is 25.8. The van der Waals surface area contributed by atoms with Crippen LogP contribution in [0.3, 0.4) is 0 Å². The van der Waals surface area contributed by atoms with Gasteiger partial charge in [-0.25, -0.2) is 4.79 Å². The third-order valence-electron chi connectivity index (χ3n) is 5.31. The molecule has 1 aliphatic carbocycles. The molecule has 1 saturated carbocycles. The summed E-state index contributed by atoms with van der Waals surface area (Å²) in [6, 6.07) is 6.04. The van der Waals surface area contributed by atoms with Gasteiger partial charge in [0.15, 0.2) is 5.78 Å². The third-order valence-corrected chi connectivity index (χ3v) is 5.31. The molecule has 1 aromatic carbocycles. The molecule has 4 atom stereocenters. The number of carbonyl (C=O) groups is 4. The number of esters is 3. The van der Waals surface area contributed by atoms with E-state index in [0.29, 0.717) is 5.56 Å². The molecule has 1 aromatic rings. The Bertz CT molecular complexity index is 915. The largest absolute Gasteiger partial charge is 0.465 e. The van der Waals surface area contributed by atoms with E-state index in [4.69, 9.17) is 14.2 Å². The number of hydrogen-bond acceptors (Lipinski definition) is 8. The van der Waals surface area contributed by atoms with Gasteiger partial charge < -0.3 is 19.3 Å². The number of rotatable bonds is 4. The molecule has 0 unspecified atom stereocenters. The van der Waals surface area contributed by atoms with Crippen molar-refractivity contribution < 1.29 is 38.5 Å². The molecular weight excluding hydrogens is 428 g/mol. The first-order valence-electron chi connectivity index (χ1n) is 10.9. The fraction of sp³-hybridized carbons (Fsp3) is 0.600. The third kappa shape index (κ3) is 6.41. The number of ether oxygens (including phenoxy) is 3. The molecule has 8 heteroatoms. The Kier molecular flexibility index (Phi) is 7.43. The Morgan fingerprint density at radius 3 is 1.88 bits per heavy atom. The lowest BCUT2D eigenvalue weighted by molar-refractivity contribution is -0.182. The van der Waals surface area contributed by atoms with E-state index in [1.807, 2.05) is 0 Å². The van der Waals surface area contributed by atoms with Gasteiger partial charge in [-0.05, 0) is 66.2 Å². The summed E-state index contributed by atoms with van der Waals surface area (Å²) in [5, 5.41) is 11.2. The van der Waals surface area contributed by atoms with E-state index in [2.05, 4.69) is 0 Å². The SMILES string of the molecule is COC(=O)c1ccc([C@H]2[C@@H](C(=O)OC(C)(C)C)C(=O)C[C@@](C)(O)[C@@H]2C(=O)OC(C)(C)C)cc1. The lowest BCUT2D eigenvalue weighted by atomic mass is 9.61. The van der Waals surface area contributed by atoms with Crippen LogP contribution in [-0.2, 0) is 28.6 Å². The molecule has 0 saturated heterocycles. The summed E-state index contributed by atoms with van der Waals surface area (Å²) >= 11 is 0. The van der Waals surface area contributed by atoms with Gasteiger partial charge in [-0.1, -0.05) is 12.1 Å². The quantitative estimate of drug-likeness (QED) is 0.412. The molecule has 0 aromatic heterocycles. The van der Waals surface area contributed by atoms with Gasteiger partial charge in [0.05, 0.1) is 24.2 Å². The molecule has 1 fully saturated rings. The molecule has 1 aliphatic rings. The van der Waals surface area contributed by atoms with Crippen molar-refractivity contribution >= 4 is 23.7 Å². The molecule has 0 amide bonds. The second-order valence-corrected chi connectivity index (χ2v) is 10.7. The first-order chi connectivity index (χ1) is 15.0. The van der Waals surface area contributed by atoms with Gasteiger partial charge in [-0.2, -0.15) is 0 Å². The molecule has 8 nitrogen and oxygen atoms in total. The number of benzene rings is 1. The number of ketones is 1. The van der Waals surface area contributed by atoms with E-state index in [-0.39, 0.29) is 5.56 Å². The zero-order chi connectivity index (χ0) is 25.4. The van der Waals surface area contributed by atoms with Crippen molar-refractivity contribution in [3.05, 3.63) is 35.4 Å². The van der Waals surface area contributed by atoms with Crippen LogP contribution in [0.15, 0.2) is 24.3 Å². The summed E-state index contributed by atoms with van der Waals surface area (Å²) in [5.41, 5.74) is -2.79. The van der Waals surface area contributed by atoms with Crippen molar-refractivity contribution in [2.24, 2.45) is 11.8 Å². The van der Waals surface area contributed by atoms with E-state index >= 15 is 0 Å². The number of aliphatic hydroxyl groups is 1. The van der Waals surface area contributed by atoms with Crippen molar-refractivity contribution in [1.29, 1.82) is 0 Å². The molecule has 33 heavy (non-hydrogen) atoms. The Labute approximate surface area is 194 Å². The Hall–Kier alpha value is -2.74. The van der Waals surface area contributed by atoms with Gasteiger partial charge in [-0.15, -0.1) is 0 Å². The lowest BCUT2D eigenvalue weighted by Gasteiger charge is -2.44. The maximum atomic E-state index is 13.3. The number of methoxy groups -OCH3 is 1. The highest BCUT2D eigenvalue weighted by atomic mass is 16.6. The summed E-state index contributed by atoms with van der Waals surface area (Å²) in [5.74, 6) is -6.20. The standard InChI is InChI=1S/C25H34O8/c1-23(2,3)32-21(28)18-16(26)13-25(7,30)19(22(29)33-24(4,5)6)17(18)14-9-11-15(12-10-14)20(27)31-8/h9-12,17-19,30H,13H2,1-8H3/t17-,18-,19-,25+/m0/s1. The predicted octanol–water partition coefficient (Wildman–Crippen LogP) is 3.20. The van der Waals surface area contributed by atoms with Crippen LogP contribution >= 0.6 is 0 Å². The highest BCUT2D eigenvalue weighted by Gasteiger charge is 2.57. The molecule has 0 spiro atoms. The topological polar surface area (TPSA) is 116 Å². The smallest absolute Gasteiger partial charge is 0.337 e. The highest BCUT2D eigenvalue weighted by Crippen LogP contribution is 2.47. The zero-order valence-electron chi connectivity index (χ0n) is 20.6. The van der Waals surface area contributed by atoms with Crippen LogP contribution in [0.4, 0.5) is 0 Å². The van der Waals surface area contributed by atoms with Gasteiger partial charge in [0.25, 0.3) is 0 Å². The predicted molar refractivity (Wildman–Crippen MR) is 119 cm³/mol. The highest BCUT2D eigenvalue weighted by molar-refractivity contribution is 6.03. The first kappa shape index (κ1) is 26.5. The van der Waals surface area contributed by atoms with Crippen LogP contribution < -0.4 is 0 Å². The molecule has 182 valence electrons. The average Bonchev–Trinajstić information content (AvgIpc) is 2.63. The Balaban J connectivity index is 2.65. The summed E-state index contributed by atoms with van der Waals surface area (Å²) in [6.07, 6.45) is -0.405. The summed E-state index contributed by atoms with van der Waals surface area (Å²) in [4.78, 5) is 51.4. The van der Waals surface area contributed by atoms with Crippen molar-refractivity contribution in [3.8, 4) is 0 Å². The molecule has 0 aliphatic heterocycles. The lowest BCUT2D eigenvalue weighted by Crippen LogP contribution is -2.56. The first-order valence-corrected chi connectivity index (χ1v) is 10.9.